The molecular formula is C14H10BrClO3. The molecule has 0 unspecified atom stereocenters. The molecule has 0 fully saturated rings. The number of halogens is 2. The largest absolute Gasteiger partial charge is 0.478 e. The van der Waals surface area contributed by atoms with E-state index >= 15 is 0 Å². The first-order chi connectivity index (χ1) is 8.97. The summed E-state index contributed by atoms with van der Waals surface area (Å²) in [5, 5.41) is 9.05. The van der Waals surface area contributed by atoms with Crippen LogP contribution in [0.1, 0.15) is 15.9 Å². The van der Waals surface area contributed by atoms with E-state index in [0.29, 0.717) is 11.5 Å². The molecule has 3 nitrogen and oxygen atoms in total. The highest BCUT2D eigenvalue weighted by Crippen LogP contribution is 2.30. The first kappa shape index (κ1) is 13.9. The summed E-state index contributed by atoms with van der Waals surface area (Å²) >= 11 is 9.26. The summed E-state index contributed by atoms with van der Waals surface area (Å²) in [5.41, 5.74) is 1.03. The number of aromatic carboxylic acids is 1. The van der Waals surface area contributed by atoms with E-state index in [2.05, 4.69) is 15.9 Å². The smallest absolute Gasteiger partial charge is 0.337 e. The Balaban J connectivity index is 2.31. The van der Waals surface area contributed by atoms with Crippen molar-refractivity contribution in [2.24, 2.45) is 0 Å². The van der Waals surface area contributed by atoms with Gasteiger partial charge in [0.15, 0.2) is 0 Å². The SMILES string of the molecule is Cc1ccc(Br)cc1Oc1ccc(C(=O)O)c(Cl)c1. The summed E-state index contributed by atoms with van der Waals surface area (Å²) < 4.78 is 6.60. The number of carboxylic acids is 1. The van der Waals surface area contributed by atoms with Crippen LogP contribution in [0.5, 0.6) is 11.5 Å². The van der Waals surface area contributed by atoms with E-state index in [-0.39, 0.29) is 10.6 Å². The number of rotatable bonds is 3. The van der Waals surface area contributed by atoms with E-state index in [0.717, 1.165) is 10.0 Å². The number of hydrogen-bond acceptors (Lipinski definition) is 2. The predicted molar refractivity (Wildman–Crippen MR) is 77.4 cm³/mol. The van der Waals surface area contributed by atoms with Crippen molar-refractivity contribution < 1.29 is 14.6 Å². The van der Waals surface area contributed by atoms with Crippen molar-refractivity contribution in [1.82, 2.24) is 0 Å². The molecule has 0 bridgehead atoms. The minimum Gasteiger partial charge on any atom is -0.478 e. The van der Waals surface area contributed by atoms with Gasteiger partial charge in [-0.15, -0.1) is 0 Å². The molecule has 2 rings (SSSR count). The van der Waals surface area contributed by atoms with Gasteiger partial charge in [0, 0.05) is 10.5 Å². The number of hydrogen-bond donors (Lipinski definition) is 1. The van der Waals surface area contributed by atoms with E-state index in [1.165, 1.54) is 12.1 Å². The van der Waals surface area contributed by atoms with Crippen LogP contribution < -0.4 is 4.74 Å². The van der Waals surface area contributed by atoms with Crippen LogP contribution in [0.4, 0.5) is 0 Å². The van der Waals surface area contributed by atoms with Crippen molar-refractivity contribution >= 4 is 33.5 Å². The number of carbonyl (C=O) groups is 1. The summed E-state index contributed by atoms with van der Waals surface area (Å²) in [6, 6.07) is 10.2. The van der Waals surface area contributed by atoms with Gasteiger partial charge in [-0.3, -0.25) is 0 Å². The minimum atomic E-state index is -1.06. The molecule has 0 radical (unpaired) electrons. The van der Waals surface area contributed by atoms with Crippen molar-refractivity contribution in [3.05, 3.63) is 57.0 Å². The Morgan fingerprint density at radius 2 is 2.00 bits per heavy atom. The Bertz CT molecular complexity index is 641. The minimum absolute atomic E-state index is 0.0555. The molecule has 0 heterocycles. The zero-order valence-corrected chi connectivity index (χ0v) is 12.3. The summed E-state index contributed by atoms with van der Waals surface area (Å²) in [7, 11) is 0. The van der Waals surface area contributed by atoms with Gasteiger partial charge in [0.25, 0.3) is 0 Å². The lowest BCUT2D eigenvalue weighted by Gasteiger charge is -2.10. The lowest BCUT2D eigenvalue weighted by Crippen LogP contribution is -1.97. The molecule has 0 spiro atoms. The Morgan fingerprint density at radius 3 is 2.63 bits per heavy atom. The second-order valence-corrected chi connectivity index (χ2v) is 5.28. The van der Waals surface area contributed by atoms with Gasteiger partial charge in [-0.2, -0.15) is 0 Å². The summed E-state index contributed by atoms with van der Waals surface area (Å²) in [6.45, 7) is 1.93. The van der Waals surface area contributed by atoms with Crippen molar-refractivity contribution in [3.63, 3.8) is 0 Å². The van der Waals surface area contributed by atoms with E-state index < -0.39 is 5.97 Å². The highest BCUT2D eigenvalue weighted by Gasteiger charge is 2.10. The first-order valence-corrected chi connectivity index (χ1v) is 6.61. The first-order valence-electron chi connectivity index (χ1n) is 5.44. The molecule has 0 saturated carbocycles. The molecule has 0 aliphatic carbocycles. The van der Waals surface area contributed by atoms with Gasteiger partial charge in [0.1, 0.15) is 11.5 Å². The van der Waals surface area contributed by atoms with Gasteiger partial charge in [0.2, 0.25) is 0 Å². The summed E-state index contributed by atoms with van der Waals surface area (Å²) in [5.74, 6) is 0.125. The normalized spacial score (nSPS) is 10.3. The molecule has 2 aromatic rings. The fourth-order valence-corrected chi connectivity index (χ4v) is 2.14. The topological polar surface area (TPSA) is 46.5 Å². The average molecular weight is 342 g/mol. The van der Waals surface area contributed by atoms with Crippen molar-refractivity contribution in [1.29, 1.82) is 0 Å². The van der Waals surface area contributed by atoms with Crippen molar-refractivity contribution in [3.8, 4) is 11.5 Å². The van der Waals surface area contributed by atoms with Gasteiger partial charge in [-0.1, -0.05) is 33.6 Å². The molecule has 5 heteroatoms. The highest BCUT2D eigenvalue weighted by atomic mass is 79.9. The molecule has 0 amide bonds. The molecular weight excluding hydrogens is 332 g/mol. The lowest BCUT2D eigenvalue weighted by molar-refractivity contribution is 0.0697. The fraction of sp³-hybridized carbons (Fsp3) is 0.0714. The maximum Gasteiger partial charge on any atom is 0.337 e. The number of benzene rings is 2. The standard InChI is InChI=1S/C14H10BrClO3/c1-8-2-3-9(15)6-13(8)19-10-4-5-11(14(17)18)12(16)7-10/h2-7H,1H3,(H,17,18). The molecule has 98 valence electrons. The van der Waals surface area contributed by atoms with E-state index in [9.17, 15) is 4.79 Å². The number of aryl methyl sites for hydroxylation is 1. The molecule has 0 aliphatic heterocycles. The monoisotopic (exact) mass is 340 g/mol. The Kier molecular flexibility index (Phi) is 4.12. The maximum absolute atomic E-state index is 10.9. The fourth-order valence-electron chi connectivity index (χ4n) is 1.54. The Morgan fingerprint density at radius 1 is 1.26 bits per heavy atom. The van der Waals surface area contributed by atoms with Crippen LogP contribution in [0.15, 0.2) is 40.9 Å². The van der Waals surface area contributed by atoms with E-state index in [4.69, 9.17) is 21.4 Å². The second-order valence-electron chi connectivity index (χ2n) is 3.96. The highest BCUT2D eigenvalue weighted by molar-refractivity contribution is 9.10. The maximum atomic E-state index is 10.9. The Labute approximate surface area is 123 Å². The van der Waals surface area contributed by atoms with Crippen LogP contribution in [0, 0.1) is 6.92 Å². The number of ether oxygens (including phenoxy) is 1. The zero-order chi connectivity index (χ0) is 14.0. The van der Waals surface area contributed by atoms with Crippen LogP contribution in [-0.4, -0.2) is 11.1 Å². The Hall–Kier alpha value is -1.52. The summed E-state index contributed by atoms with van der Waals surface area (Å²) in [6.07, 6.45) is 0. The predicted octanol–water partition coefficient (Wildman–Crippen LogP) is 4.90. The molecule has 2 aromatic carbocycles. The third-order valence-electron chi connectivity index (χ3n) is 2.55. The van der Waals surface area contributed by atoms with Crippen LogP contribution in [-0.2, 0) is 0 Å². The van der Waals surface area contributed by atoms with E-state index in [1.807, 2.05) is 25.1 Å². The van der Waals surface area contributed by atoms with Gasteiger partial charge in [-0.05, 0) is 36.8 Å². The van der Waals surface area contributed by atoms with Crippen molar-refractivity contribution in [2.45, 2.75) is 6.92 Å². The molecule has 19 heavy (non-hydrogen) atoms. The van der Waals surface area contributed by atoms with Crippen LogP contribution in [0.2, 0.25) is 5.02 Å². The number of carboxylic acid groups (broad SMARTS) is 1. The third kappa shape index (κ3) is 3.28. The van der Waals surface area contributed by atoms with E-state index in [1.54, 1.807) is 6.07 Å². The van der Waals surface area contributed by atoms with Gasteiger partial charge in [-0.25, -0.2) is 4.79 Å². The van der Waals surface area contributed by atoms with Crippen LogP contribution in [0.25, 0.3) is 0 Å². The van der Waals surface area contributed by atoms with Crippen molar-refractivity contribution in [2.75, 3.05) is 0 Å². The molecule has 1 N–H and O–H groups in total. The molecule has 0 aromatic heterocycles. The molecule has 0 aliphatic rings. The third-order valence-corrected chi connectivity index (χ3v) is 3.35. The second kappa shape index (κ2) is 5.63. The van der Waals surface area contributed by atoms with Gasteiger partial charge >= 0.3 is 5.97 Å². The quantitative estimate of drug-likeness (QED) is 0.863. The molecule has 0 atom stereocenters. The zero-order valence-electron chi connectivity index (χ0n) is 9.98. The lowest BCUT2D eigenvalue weighted by atomic mass is 10.2. The molecule has 0 saturated heterocycles. The average Bonchev–Trinajstić information content (AvgIpc) is 2.33. The summed E-state index contributed by atoms with van der Waals surface area (Å²) in [4.78, 5) is 10.9. The van der Waals surface area contributed by atoms with Gasteiger partial charge in [0.05, 0.1) is 10.6 Å². The van der Waals surface area contributed by atoms with Crippen LogP contribution >= 0.6 is 27.5 Å². The van der Waals surface area contributed by atoms with Crippen LogP contribution in [0.3, 0.4) is 0 Å². The van der Waals surface area contributed by atoms with Gasteiger partial charge < -0.3 is 9.84 Å².